The van der Waals surface area contributed by atoms with Crippen LogP contribution in [-0.2, 0) is 11.3 Å². The lowest BCUT2D eigenvalue weighted by atomic mass is 10.1. The molecular formula is C24H27N5O5. The number of nitrogens with one attached hydrogen (secondary N) is 1. The fourth-order valence-corrected chi connectivity index (χ4v) is 3.98. The highest BCUT2D eigenvalue weighted by atomic mass is 16.5. The molecule has 178 valence electrons. The number of amides is 1. The van der Waals surface area contributed by atoms with Crippen molar-refractivity contribution in [3.05, 3.63) is 80.6 Å². The van der Waals surface area contributed by atoms with Crippen molar-refractivity contribution in [1.82, 2.24) is 14.5 Å². The van der Waals surface area contributed by atoms with Gasteiger partial charge in [-0.3, -0.25) is 24.0 Å². The Morgan fingerprint density at radius 2 is 2.06 bits per heavy atom. The molecular weight excluding hydrogens is 438 g/mol. The molecule has 3 aromatic rings. The maximum absolute atomic E-state index is 13.7. The largest absolute Gasteiger partial charge is 0.477 e. The molecule has 1 atom stereocenters. The molecule has 1 aromatic carbocycles. The molecule has 10 heteroatoms. The second kappa shape index (κ2) is 10.3. The molecule has 0 saturated carbocycles. The fraction of sp³-hybridized carbons (Fsp3) is 0.333. The Hall–Kier alpha value is -3.92. The van der Waals surface area contributed by atoms with Gasteiger partial charge in [-0.2, -0.15) is 0 Å². The summed E-state index contributed by atoms with van der Waals surface area (Å²) in [5.41, 5.74) is 5.87. The van der Waals surface area contributed by atoms with Crippen LogP contribution in [-0.4, -0.2) is 46.3 Å². The number of hydrogen-bond acceptors (Lipinski definition) is 7. The number of benzene rings is 1. The quantitative estimate of drug-likeness (QED) is 0.518. The first-order valence-electron chi connectivity index (χ1n) is 11.2. The van der Waals surface area contributed by atoms with Gasteiger partial charge >= 0.3 is 5.69 Å². The molecule has 0 radical (unpaired) electrons. The minimum absolute atomic E-state index is 0.0934. The molecule has 1 aliphatic rings. The first-order chi connectivity index (χ1) is 16.5. The van der Waals surface area contributed by atoms with Gasteiger partial charge in [0, 0.05) is 12.8 Å². The SMILES string of the molecule is CCOc1ncccc1C(=O)N(C[C@@H]1CCCO1)c1c(N)n(Cc2ccccc2)c(=O)[nH]c1=O. The first-order valence-corrected chi connectivity index (χ1v) is 11.2. The molecule has 0 unspecified atom stereocenters. The van der Waals surface area contributed by atoms with Gasteiger partial charge in [0.05, 0.1) is 25.8 Å². The summed E-state index contributed by atoms with van der Waals surface area (Å²) < 4.78 is 12.5. The predicted molar refractivity (Wildman–Crippen MR) is 127 cm³/mol. The summed E-state index contributed by atoms with van der Waals surface area (Å²) in [6.45, 7) is 2.90. The number of anilines is 2. The van der Waals surface area contributed by atoms with E-state index in [-0.39, 0.29) is 42.1 Å². The lowest BCUT2D eigenvalue weighted by Gasteiger charge is -2.27. The topological polar surface area (TPSA) is 133 Å². The Morgan fingerprint density at radius 1 is 1.26 bits per heavy atom. The third-order valence-electron chi connectivity index (χ3n) is 5.61. The smallest absolute Gasteiger partial charge is 0.330 e. The molecule has 34 heavy (non-hydrogen) atoms. The number of nitrogen functional groups attached to an aromatic ring is 1. The Kier molecular flexibility index (Phi) is 7.07. The number of carbonyl (C=O) groups excluding carboxylic acids is 1. The first kappa shape index (κ1) is 23.2. The number of nitrogens with zero attached hydrogens (tertiary/aromatic N) is 3. The van der Waals surface area contributed by atoms with Crippen molar-refractivity contribution in [2.24, 2.45) is 0 Å². The molecule has 4 rings (SSSR count). The lowest BCUT2D eigenvalue weighted by molar-refractivity contribution is 0.0913. The second-order valence-corrected chi connectivity index (χ2v) is 7.90. The maximum Gasteiger partial charge on any atom is 0.330 e. The Bertz CT molecular complexity index is 1260. The summed E-state index contributed by atoms with van der Waals surface area (Å²) in [4.78, 5) is 47.1. The van der Waals surface area contributed by atoms with Gasteiger partial charge in [0.2, 0.25) is 5.88 Å². The lowest BCUT2D eigenvalue weighted by Crippen LogP contribution is -2.44. The van der Waals surface area contributed by atoms with Gasteiger partial charge < -0.3 is 15.2 Å². The number of rotatable bonds is 8. The number of aromatic amines is 1. The molecule has 1 fully saturated rings. The van der Waals surface area contributed by atoms with Gasteiger partial charge in [-0.1, -0.05) is 30.3 Å². The van der Waals surface area contributed by atoms with Crippen LogP contribution in [0.1, 0.15) is 35.7 Å². The molecule has 1 amide bonds. The van der Waals surface area contributed by atoms with E-state index in [9.17, 15) is 14.4 Å². The van der Waals surface area contributed by atoms with E-state index in [1.54, 1.807) is 19.1 Å². The summed E-state index contributed by atoms with van der Waals surface area (Å²) in [6.07, 6.45) is 2.83. The summed E-state index contributed by atoms with van der Waals surface area (Å²) in [5, 5.41) is 0. The van der Waals surface area contributed by atoms with Gasteiger partial charge in [-0.05, 0) is 37.5 Å². The second-order valence-electron chi connectivity index (χ2n) is 7.90. The third-order valence-corrected chi connectivity index (χ3v) is 5.61. The Labute approximate surface area is 196 Å². The molecule has 3 N–H and O–H groups in total. The summed E-state index contributed by atoms with van der Waals surface area (Å²) >= 11 is 0. The van der Waals surface area contributed by atoms with Gasteiger partial charge in [0.15, 0.2) is 5.69 Å². The number of carbonyl (C=O) groups is 1. The average Bonchev–Trinajstić information content (AvgIpc) is 3.35. The van der Waals surface area contributed by atoms with Gasteiger partial charge in [-0.25, -0.2) is 9.78 Å². The maximum atomic E-state index is 13.7. The number of hydrogen-bond donors (Lipinski definition) is 2. The number of nitrogens with two attached hydrogens (primary N) is 1. The van der Waals surface area contributed by atoms with Crippen molar-refractivity contribution < 1.29 is 14.3 Å². The zero-order valence-corrected chi connectivity index (χ0v) is 18.9. The predicted octanol–water partition coefficient (Wildman–Crippen LogP) is 1.79. The minimum atomic E-state index is -0.750. The molecule has 0 spiro atoms. The van der Waals surface area contributed by atoms with E-state index >= 15 is 0 Å². The number of aromatic nitrogens is 3. The van der Waals surface area contributed by atoms with Crippen LogP contribution in [0.25, 0.3) is 0 Å². The van der Waals surface area contributed by atoms with Crippen molar-refractivity contribution in [2.45, 2.75) is 32.4 Å². The van der Waals surface area contributed by atoms with Crippen LogP contribution < -0.4 is 26.6 Å². The van der Waals surface area contributed by atoms with Crippen molar-refractivity contribution >= 4 is 17.4 Å². The van der Waals surface area contributed by atoms with Crippen LogP contribution in [0.4, 0.5) is 11.5 Å². The molecule has 0 bridgehead atoms. The molecule has 1 saturated heterocycles. The standard InChI is InChI=1S/C24H27N5O5/c1-2-33-22-18(11-6-12-26-22)23(31)28(15-17-10-7-13-34-17)19-20(25)29(24(32)27-21(19)30)14-16-8-4-3-5-9-16/h3-6,8-9,11-12,17H,2,7,10,13-15,25H2,1H3,(H,27,30,32)/t17-/m0/s1. The monoisotopic (exact) mass is 465 g/mol. The summed E-state index contributed by atoms with van der Waals surface area (Å²) in [5.74, 6) is -0.472. The van der Waals surface area contributed by atoms with E-state index in [1.165, 1.54) is 15.7 Å². The number of pyridine rings is 1. The average molecular weight is 466 g/mol. The van der Waals surface area contributed by atoms with Crippen molar-refractivity contribution in [2.75, 3.05) is 30.4 Å². The molecule has 0 aliphatic carbocycles. The summed E-state index contributed by atoms with van der Waals surface area (Å²) in [7, 11) is 0. The van der Waals surface area contributed by atoms with Crippen LogP contribution in [0.3, 0.4) is 0 Å². The highest BCUT2D eigenvalue weighted by Crippen LogP contribution is 2.26. The number of H-pyrrole nitrogens is 1. The van der Waals surface area contributed by atoms with Gasteiger partial charge in [-0.15, -0.1) is 0 Å². The van der Waals surface area contributed by atoms with Crippen LogP contribution in [0.5, 0.6) is 5.88 Å². The van der Waals surface area contributed by atoms with Crippen molar-refractivity contribution in [3.8, 4) is 5.88 Å². The van der Waals surface area contributed by atoms with E-state index in [1.807, 2.05) is 30.3 Å². The van der Waals surface area contributed by atoms with Crippen molar-refractivity contribution in [3.63, 3.8) is 0 Å². The molecule has 3 heterocycles. The van der Waals surface area contributed by atoms with E-state index in [4.69, 9.17) is 15.2 Å². The fourth-order valence-electron chi connectivity index (χ4n) is 3.98. The van der Waals surface area contributed by atoms with E-state index in [0.717, 1.165) is 18.4 Å². The molecule has 2 aromatic heterocycles. The zero-order valence-electron chi connectivity index (χ0n) is 18.9. The van der Waals surface area contributed by atoms with Crippen LogP contribution in [0, 0.1) is 0 Å². The summed E-state index contributed by atoms with van der Waals surface area (Å²) in [6, 6.07) is 12.4. The molecule has 1 aliphatic heterocycles. The van der Waals surface area contributed by atoms with Crippen molar-refractivity contribution in [1.29, 1.82) is 0 Å². The van der Waals surface area contributed by atoms with E-state index in [0.29, 0.717) is 13.2 Å². The number of ether oxygens (including phenoxy) is 2. The van der Waals surface area contributed by atoms with Gasteiger partial charge in [0.1, 0.15) is 11.4 Å². The van der Waals surface area contributed by atoms with Crippen LogP contribution in [0.2, 0.25) is 0 Å². The normalized spacial score (nSPS) is 15.3. The Balaban J connectivity index is 1.82. The van der Waals surface area contributed by atoms with Gasteiger partial charge in [0.25, 0.3) is 11.5 Å². The molecule has 10 nitrogen and oxygen atoms in total. The third kappa shape index (κ3) is 4.86. The van der Waals surface area contributed by atoms with E-state index < -0.39 is 17.2 Å². The minimum Gasteiger partial charge on any atom is -0.477 e. The highest BCUT2D eigenvalue weighted by Gasteiger charge is 2.31. The zero-order chi connectivity index (χ0) is 24.1. The Morgan fingerprint density at radius 3 is 2.76 bits per heavy atom. The highest BCUT2D eigenvalue weighted by molar-refractivity contribution is 6.08. The van der Waals surface area contributed by atoms with Crippen LogP contribution in [0.15, 0.2) is 58.3 Å². The van der Waals surface area contributed by atoms with Crippen LogP contribution >= 0.6 is 0 Å². The van der Waals surface area contributed by atoms with E-state index in [2.05, 4.69) is 9.97 Å².